The number of nitrogens with one attached hydrogen (secondary N) is 2. The Hall–Kier alpha value is -1.62. The van der Waals surface area contributed by atoms with Gasteiger partial charge in [0.2, 0.25) is 0 Å². The van der Waals surface area contributed by atoms with E-state index in [4.69, 9.17) is 0 Å². The topological polar surface area (TPSA) is 58.5 Å². The number of rotatable bonds is 6. The van der Waals surface area contributed by atoms with Crippen LogP contribution in [0.25, 0.3) is 0 Å². The quantitative estimate of drug-likeness (QED) is 0.767. The Morgan fingerprint density at radius 2 is 2.28 bits per heavy atom. The van der Waals surface area contributed by atoms with Gasteiger partial charge in [0.05, 0.1) is 11.4 Å². The minimum Gasteiger partial charge on any atom is -0.309 e. The van der Waals surface area contributed by atoms with Crippen molar-refractivity contribution in [2.75, 3.05) is 6.54 Å². The Morgan fingerprint density at radius 1 is 1.44 bits per heavy atom. The molecule has 0 aliphatic carbocycles. The van der Waals surface area contributed by atoms with Gasteiger partial charge < -0.3 is 5.32 Å². The van der Waals surface area contributed by atoms with E-state index in [-0.39, 0.29) is 0 Å². The van der Waals surface area contributed by atoms with Crippen LogP contribution in [-0.4, -0.2) is 26.5 Å². The van der Waals surface area contributed by atoms with Crippen LogP contribution in [0.5, 0.6) is 0 Å². The molecule has 98 valence electrons. The van der Waals surface area contributed by atoms with Crippen molar-refractivity contribution in [2.24, 2.45) is 0 Å². The largest absolute Gasteiger partial charge is 0.309 e. The van der Waals surface area contributed by atoms with E-state index in [1.54, 1.807) is 6.20 Å². The van der Waals surface area contributed by atoms with Gasteiger partial charge in [-0.3, -0.25) is 9.78 Å². The normalized spacial score (nSPS) is 12.8. The molecule has 1 atom stereocenters. The van der Waals surface area contributed by atoms with Crippen LogP contribution in [0.15, 0.2) is 18.3 Å². The van der Waals surface area contributed by atoms with Crippen LogP contribution in [0.3, 0.4) is 0 Å². The Morgan fingerprint density at radius 3 is 2.89 bits per heavy atom. The second-order valence-corrected chi connectivity index (χ2v) is 4.69. The molecule has 0 saturated heterocycles. The molecule has 2 aromatic rings. The number of nitrogens with zero attached hydrogens (tertiary/aromatic N) is 3. The zero-order valence-corrected chi connectivity index (χ0v) is 11.3. The van der Waals surface area contributed by atoms with E-state index in [0.717, 1.165) is 30.9 Å². The summed E-state index contributed by atoms with van der Waals surface area (Å²) < 4.78 is 2.07. The lowest BCUT2D eigenvalue weighted by Crippen LogP contribution is -2.21. The zero-order chi connectivity index (χ0) is 13.0. The van der Waals surface area contributed by atoms with Gasteiger partial charge in [-0.1, -0.05) is 0 Å². The lowest BCUT2D eigenvalue weighted by atomic mass is 10.2. The number of aryl methyl sites for hydroxylation is 3. The molecule has 2 aromatic heterocycles. The van der Waals surface area contributed by atoms with Gasteiger partial charge >= 0.3 is 0 Å². The van der Waals surface area contributed by atoms with Crippen LogP contribution in [0.1, 0.15) is 36.5 Å². The summed E-state index contributed by atoms with van der Waals surface area (Å²) in [5, 5.41) is 14.9. The second kappa shape index (κ2) is 5.82. The van der Waals surface area contributed by atoms with Gasteiger partial charge in [-0.25, -0.2) is 0 Å². The molecule has 0 fully saturated rings. The Kier molecular flexibility index (Phi) is 4.15. The van der Waals surface area contributed by atoms with Crippen LogP contribution in [0.4, 0.5) is 0 Å². The summed E-state index contributed by atoms with van der Waals surface area (Å²) in [7, 11) is 0. The van der Waals surface area contributed by atoms with Gasteiger partial charge in [0.15, 0.2) is 0 Å². The molecule has 5 nitrogen and oxygen atoms in total. The van der Waals surface area contributed by atoms with E-state index in [9.17, 15) is 0 Å². The third-order valence-corrected chi connectivity index (χ3v) is 3.09. The number of hydrogen-bond acceptors (Lipinski definition) is 3. The molecule has 0 spiro atoms. The molecule has 0 saturated carbocycles. The smallest absolute Gasteiger partial charge is 0.0596 e. The molecule has 0 bridgehead atoms. The molecule has 1 unspecified atom stereocenters. The van der Waals surface area contributed by atoms with Crippen molar-refractivity contribution in [3.63, 3.8) is 0 Å². The van der Waals surface area contributed by atoms with Crippen molar-refractivity contribution < 1.29 is 0 Å². The lowest BCUT2D eigenvalue weighted by Gasteiger charge is -2.12. The molecule has 0 radical (unpaired) electrons. The number of aromatic nitrogens is 4. The molecule has 0 aromatic carbocycles. The number of aromatic amines is 1. The van der Waals surface area contributed by atoms with Gasteiger partial charge in [-0.05, 0) is 45.9 Å². The first kappa shape index (κ1) is 12.8. The predicted molar refractivity (Wildman–Crippen MR) is 71.3 cm³/mol. The minimum atomic E-state index is 0.313. The van der Waals surface area contributed by atoms with Crippen molar-refractivity contribution in [1.29, 1.82) is 0 Å². The molecule has 0 aliphatic rings. The van der Waals surface area contributed by atoms with Crippen molar-refractivity contribution in [1.82, 2.24) is 25.3 Å². The predicted octanol–water partition coefficient (Wildman–Crippen LogP) is 1.96. The first-order valence-corrected chi connectivity index (χ1v) is 6.40. The summed E-state index contributed by atoms with van der Waals surface area (Å²) in [6.07, 6.45) is 2.85. The molecular weight excluding hydrogens is 226 g/mol. The summed E-state index contributed by atoms with van der Waals surface area (Å²) in [5.74, 6) is 0. The molecule has 0 amide bonds. The zero-order valence-electron chi connectivity index (χ0n) is 11.3. The average molecular weight is 247 g/mol. The van der Waals surface area contributed by atoms with Gasteiger partial charge in [0, 0.05) is 24.5 Å². The number of hydrogen-bond donors (Lipinski definition) is 2. The van der Waals surface area contributed by atoms with E-state index in [1.165, 1.54) is 5.69 Å². The van der Waals surface area contributed by atoms with E-state index in [0.29, 0.717) is 6.04 Å². The molecule has 2 N–H and O–H groups in total. The van der Waals surface area contributed by atoms with Gasteiger partial charge in [-0.2, -0.15) is 10.2 Å². The highest BCUT2D eigenvalue weighted by molar-refractivity contribution is 5.06. The first-order valence-electron chi connectivity index (χ1n) is 6.40. The maximum atomic E-state index is 4.45. The highest BCUT2D eigenvalue weighted by atomic mass is 15.3. The fraction of sp³-hybridized carbons (Fsp3) is 0.538. The third-order valence-electron chi connectivity index (χ3n) is 3.09. The molecule has 18 heavy (non-hydrogen) atoms. The standard InChI is InChI=1S/C13H21N5/c1-10-9-11(2)18(17-10)8-4-6-14-12(3)13-5-7-15-16-13/h5,7,9,12,14H,4,6,8H2,1-3H3,(H,15,16). The summed E-state index contributed by atoms with van der Waals surface area (Å²) in [6.45, 7) is 8.19. The maximum absolute atomic E-state index is 4.45. The van der Waals surface area contributed by atoms with E-state index in [1.807, 2.05) is 13.0 Å². The Bertz CT molecular complexity index is 472. The van der Waals surface area contributed by atoms with Gasteiger partial charge in [0.25, 0.3) is 0 Å². The van der Waals surface area contributed by atoms with Crippen molar-refractivity contribution in [3.8, 4) is 0 Å². The van der Waals surface area contributed by atoms with Crippen molar-refractivity contribution >= 4 is 0 Å². The molecule has 2 rings (SSSR count). The van der Waals surface area contributed by atoms with Gasteiger partial charge in [-0.15, -0.1) is 0 Å². The fourth-order valence-electron chi connectivity index (χ4n) is 2.07. The van der Waals surface area contributed by atoms with Gasteiger partial charge in [0.1, 0.15) is 0 Å². The summed E-state index contributed by atoms with van der Waals surface area (Å²) in [4.78, 5) is 0. The van der Waals surface area contributed by atoms with Crippen LogP contribution in [0.2, 0.25) is 0 Å². The second-order valence-electron chi connectivity index (χ2n) is 4.69. The summed E-state index contributed by atoms with van der Waals surface area (Å²) >= 11 is 0. The minimum absolute atomic E-state index is 0.313. The highest BCUT2D eigenvalue weighted by Crippen LogP contribution is 2.07. The van der Waals surface area contributed by atoms with E-state index in [2.05, 4.69) is 45.2 Å². The maximum Gasteiger partial charge on any atom is 0.0596 e. The Balaban J connectivity index is 1.72. The van der Waals surface area contributed by atoms with Crippen molar-refractivity contribution in [2.45, 2.75) is 39.8 Å². The van der Waals surface area contributed by atoms with E-state index >= 15 is 0 Å². The SMILES string of the molecule is Cc1cc(C)n(CCCNC(C)c2ccn[nH]2)n1. The summed E-state index contributed by atoms with van der Waals surface area (Å²) in [6, 6.07) is 4.42. The third kappa shape index (κ3) is 3.20. The molecule has 0 aliphatic heterocycles. The fourth-order valence-corrected chi connectivity index (χ4v) is 2.07. The monoisotopic (exact) mass is 247 g/mol. The lowest BCUT2D eigenvalue weighted by molar-refractivity contribution is 0.495. The highest BCUT2D eigenvalue weighted by Gasteiger charge is 2.05. The van der Waals surface area contributed by atoms with E-state index < -0.39 is 0 Å². The van der Waals surface area contributed by atoms with Crippen LogP contribution in [0, 0.1) is 13.8 Å². The molecular formula is C13H21N5. The van der Waals surface area contributed by atoms with Crippen LogP contribution in [-0.2, 0) is 6.54 Å². The molecule has 2 heterocycles. The summed E-state index contributed by atoms with van der Waals surface area (Å²) in [5.41, 5.74) is 3.45. The van der Waals surface area contributed by atoms with Crippen LogP contribution >= 0.6 is 0 Å². The molecule has 5 heteroatoms. The Labute approximate surface area is 108 Å². The van der Waals surface area contributed by atoms with Crippen LogP contribution < -0.4 is 5.32 Å². The first-order chi connectivity index (χ1) is 8.66. The van der Waals surface area contributed by atoms with Crippen molar-refractivity contribution in [3.05, 3.63) is 35.4 Å². The number of H-pyrrole nitrogens is 1. The average Bonchev–Trinajstić information content (AvgIpc) is 2.94.